The quantitative estimate of drug-likeness (QED) is 0.888. The lowest BCUT2D eigenvalue weighted by atomic mass is 9.91. The normalized spacial score (nSPS) is 15.0. The van der Waals surface area contributed by atoms with Gasteiger partial charge in [-0.1, -0.05) is 35.3 Å². The van der Waals surface area contributed by atoms with Gasteiger partial charge in [0.15, 0.2) is 0 Å². The van der Waals surface area contributed by atoms with E-state index >= 15 is 0 Å². The molecule has 0 bridgehead atoms. The van der Waals surface area contributed by atoms with Gasteiger partial charge >= 0.3 is 5.97 Å². The summed E-state index contributed by atoms with van der Waals surface area (Å²) in [6.45, 7) is 0.217. The van der Waals surface area contributed by atoms with Crippen LogP contribution in [0.5, 0.6) is 0 Å². The number of rotatable bonds is 4. The van der Waals surface area contributed by atoms with Gasteiger partial charge in [0.1, 0.15) is 0 Å². The van der Waals surface area contributed by atoms with Crippen LogP contribution in [0.3, 0.4) is 0 Å². The molecule has 4 nitrogen and oxygen atoms in total. The third-order valence-electron chi connectivity index (χ3n) is 3.47. The van der Waals surface area contributed by atoms with Gasteiger partial charge in [-0.25, -0.2) is 4.79 Å². The highest BCUT2D eigenvalue weighted by Gasteiger charge is 2.23. The van der Waals surface area contributed by atoms with Crippen LogP contribution in [0.2, 0.25) is 10.0 Å². The highest BCUT2D eigenvalue weighted by Crippen LogP contribution is 2.27. The maximum absolute atomic E-state index is 12.2. The molecule has 1 aromatic carbocycles. The minimum absolute atomic E-state index is 0.217. The van der Waals surface area contributed by atoms with Gasteiger partial charge in [0.05, 0.1) is 10.0 Å². The van der Waals surface area contributed by atoms with Crippen LogP contribution in [0.4, 0.5) is 0 Å². The largest absolute Gasteiger partial charge is 0.478 e. The molecule has 1 aromatic rings. The number of hydrogen-bond acceptors (Lipinski definition) is 2. The standard InChI is InChI=1S/C15H15Cl2NO3/c16-12-7-3-4-9(13(12)17)8-18-14(19)10-5-1-2-6-11(10)15(20)21/h3-4,7H,1-2,5-6,8H2,(H,18,19)(H,20,21). The molecule has 0 atom stereocenters. The molecule has 1 aliphatic carbocycles. The molecule has 1 amide bonds. The van der Waals surface area contributed by atoms with Crippen molar-refractivity contribution in [3.63, 3.8) is 0 Å². The summed E-state index contributed by atoms with van der Waals surface area (Å²) >= 11 is 12.0. The van der Waals surface area contributed by atoms with E-state index in [9.17, 15) is 9.59 Å². The van der Waals surface area contributed by atoms with E-state index in [0.29, 0.717) is 34.0 Å². The van der Waals surface area contributed by atoms with Crippen LogP contribution < -0.4 is 5.32 Å². The van der Waals surface area contributed by atoms with Crippen molar-refractivity contribution in [3.05, 3.63) is 45.0 Å². The molecule has 0 fully saturated rings. The Kier molecular flexibility index (Phi) is 5.26. The number of benzene rings is 1. The molecule has 1 aliphatic rings. The van der Waals surface area contributed by atoms with Gasteiger partial charge in [0, 0.05) is 17.7 Å². The van der Waals surface area contributed by atoms with Crippen LogP contribution in [-0.4, -0.2) is 17.0 Å². The van der Waals surface area contributed by atoms with Crippen molar-refractivity contribution in [1.29, 1.82) is 0 Å². The molecular formula is C15H15Cl2NO3. The molecule has 0 unspecified atom stereocenters. The summed E-state index contributed by atoms with van der Waals surface area (Å²) in [4.78, 5) is 23.3. The van der Waals surface area contributed by atoms with Gasteiger partial charge in [-0.05, 0) is 37.3 Å². The second-order valence-electron chi connectivity index (χ2n) is 4.86. The number of carbonyl (C=O) groups excluding carboxylic acids is 1. The third kappa shape index (κ3) is 3.77. The monoisotopic (exact) mass is 327 g/mol. The Morgan fingerprint density at radius 2 is 1.81 bits per heavy atom. The van der Waals surface area contributed by atoms with Gasteiger partial charge in [-0.3, -0.25) is 4.79 Å². The van der Waals surface area contributed by atoms with E-state index in [1.807, 2.05) is 0 Å². The molecule has 0 saturated carbocycles. The Labute approximate surface area is 132 Å². The zero-order valence-electron chi connectivity index (χ0n) is 11.3. The first-order chi connectivity index (χ1) is 10.0. The van der Waals surface area contributed by atoms with Gasteiger partial charge in [-0.2, -0.15) is 0 Å². The molecule has 0 radical (unpaired) electrons. The minimum atomic E-state index is -1.01. The number of nitrogens with one attached hydrogen (secondary N) is 1. The Morgan fingerprint density at radius 3 is 2.48 bits per heavy atom. The van der Waals surface area contributed by atoms with E-state index in [2.05, 4.69) is 5.32 Å². The maximum Gasteiger partial charge on any atom is 0.332 e. The number of carbonyl (C=O) groups is 2. The lowest BCUT2D eigenvalue weighted by Crippen LogP contribution is -2.28. The topological polar surface area (TPSA) is 66.4 Å². The van der Waals surface area contributed by atoms with Crippen molar-refractivity contribution < 1.29 is 14.7 Å². The molecule has 21 heavy (non-hydrogen) atoms. The number of halogens is 2. The number of aliphatic carboxylic acids is 1. The second kappa shape index (κ2) is 6.96. The van der Waals surface area contributed by atoms with Gasteiger partial charge in [0.25, 0.3) is 0 Å². The molecule has 0 aromatic heterocycles. The van der Waals surface area contributed by atoms with Crippen LogP contribution in [0.15, 0.2) is 29.3 Å². The van der Waals surface area contributed by atoms with Crippen molar-refractivity contribution >= 4 is 35.1 Å². The number of amides is 1. The molecular weight excluding hydrogens is 313 g/mol. The van der Waals surface area contributed by atoms with E-state index in [-0.39, 0.29) is 18.0 Å². The maximum atomic E-state index is 12.2. The van der Waals surface area contributed by atoms with Crippen LogP contribution in [-0.2, 0) is 16.1 Å². The van der Waals surface area contributed by atoms with Crippen LogP contribution in [0, 0.1) is 0 Å². The Morgan fingerprint density at radius 1 is 1.14 bits per heavy atom. The van der Waals surface area contributed by atoms with E-state index < -0.39 is 5.97 Å². The molecule has 6 heteroatoms. The van der Waals surface area contributed by atoms with Gasteiger partial charge < -0.3 is 10.4 Å². The fourth-order valence-electron chi connectivity index (χ4n) is 2.36. The van der Waals surface area contributed by atoms with Gasteiger partial charge in [0.2, 0.25) is 5.91 Å². The lowest BCUT2D eigenvalue weighted by molar-refractivity contribution is -0.133. The van der Waals surface area contributed by atoms with Crippen molar-refractivity contribution in [3.8, 4) is 0 Å². The van der Waals surface area contributed by atoms with E-state index in [1.54, 1.807) is 18.2 Å². The average Bonchev–Trinajstić information content (AvgIpc) is 2.48. The molecule has 0 heterocycles. The molecule has 112 valence electrons. The lowest BCUT2D eigenvalue weighted by Gasteiger charge is -2.17. The summed E-state index contributed by atoms with van der Waals surface area (Å²) in [5.41, 5.74) is 1.29. The Hall–Kier alpha value is -1.52. The average molecular weight is 328 g/mol. The molecule has 0 saturated heterocycles. The predicted molar refractivity (Wildman–Crippen MR) is 81.4 cm³/mol. The fraction of sp³-hybridized carbons (Fsp3) is 0.333. The molecule has 2 N–H and O–H groups in total. The highest BCUT2D eigenvalue weighted by atomic mass is 35.5. The molecule has 0 aliphatic heterocycles. The van der Waals surface area contributed by atoms with Crippen LogP contribution in [0.25, 0.3) is 0 Å². The molecule has 0 spiro atoms. The Balaban J connectivity index is 2.11. The highest BCUT2D eigenvalue weighted by molar-refractivity contribution is 6.42. The summed E-state index contributed by atoms with van der Waals surface area (Å²) in [7, 11) is 0. The summed E-state index contributed by atoms with van der Waals surface area (Å²) in [5.74, 6) is -1.36. The van der Waals surface area contributed by atoms with Crippen molar-refractivity contribution in [2.45, 2.75) is 32.2 Å². The fourth-order valence-corrected chi connectivity index (χ4v) is 2.75. The SMILES string of the molecule is O=C(O)C1=C(C(=O)NCc2cccc(Cl)c2Cl)CCCC1. The van der Waals surface area contributed by atoms with Crippen molar-refractivity contribution in [2.75, 3.05) is 0 Å². The summed E-state index contributed by atoms with van der Waals surface area (Å²) < 4.78 is 0. The van der Waals surface area contributed by atoms with E-state index in [0.717, 1.165) is 12.8 Å². The minimum Gasteiger partial charge on any atom is -0.478 e. The first-order valence-electron chi connectivity index (χ1n) is 6.67. The third-order valence-corrected chi connectivity index (χ3v) is 4.33. The number of hydrogen-bond donors (Lipinski definition) is 2. The van der Waals surface area contributed by atoms with E-state index in [1.165, 1.54) is 0 Å². The van der Waals surface area contributed by atoms with Crippen LogP contribution in [0.1, 0.15) is 31.2 Å². The first-order valence-corrected chi connectivity index (χ1v) is 7.42. The van der Waals surface area contributed by atoms with E-state index in [4.69, 9.17) is 28.3 Å². The summed E-state index contributed by atoms with van der Waals surface area (Å²) in [5, 5.41) is 12.7. The van der Waals surface area contributed by atoms with Crippen LogP contribution >= 0.6 is 23.2 Å². The molecule has 2 rings (SSSR count). The van der Waals surface area contributed by atoms with Gasteiger partial charge in [-0.15, -0.1) is 0 Å². The predicted octanol–water partition coefficient (Wildman–Crippen LogP) is 3.56. The van der Waals surface area contributed by atoms with Crippen molar-refractivity contribution in [2.24, 2.45) is 0 Å². The zero-order chi connectivity index (χ0) is 15.4. The number of carboxylic acids is 1. The summed E-state index contributed by atoms with van der Waals surface area (Å²) in [6.07, 6.45) is 2.57. The first kappa shape index (κ1) is 15.9. The Bertz CT molecular complexity index is 611. The smallest absolute Gasteiger partial charge is 0.332 e. The van der Waals surface area contributed by atoms with Crippen molar-refractivity contribution in [1.82, 2.24) is 5.32 Å². The second-order valence-corrected chi connectivity index (χ2v) is 5.65. The summed E-state index contributed by atoms with van der Waals surface area (Å²) in [6, 6.07) is 5.18. The number of carboxylic acid groups (broad SMARTS) is 1. The zero-order valence-corrected chi connectivity index (χ0v) is 12.8.